The van der Waals surface area contributed by atoms with Crippen LogP contribution in [0.5, 0.6) is 0 Å². The van der Waals surface area contributed by atoms with Crippen molar-refractivity contribution in [2.24, 2.45) is 0 Å². The minimum atomic E-state index is -5.07. The number of nitro groups is 2. The summed E-state index contributed by atoms with van der Waals surface area (Å²) in [6.45, 7) is 17.2. The van der Waals surface area contributed by atoms with Crippen molar-refractivity contribution in [2.45, 2.75) is 67.2 Å². The fourth-order valence-electron chi connectivity index (χ4n) is 6.63. The molecular formula is C40H40N4O7S. The minimum absolute atomic E-state index is 0.0488. The Morgan fingerprint density at radius 2 is 1.35 bits per heavy atom. The van der Waals surface area contributed by atoms with Crippen LogP contribution in [-0.4, -0.2) is 28.5 Å². The lowest BCUT2D eigenvalue weighted by atomic mass is 9.89. The lowest BCUT2D eigenvalue weighted by Gasteiger charge is -2.20. The Labute approximate surface area is 303 Å². The van der Waals surface area contributed by atoms with Gasteiger partial charge in [-0.15, -0.1) is 0 Å². The molecule has 0 spiro atoms. The number of nitro benzene ring substituents is 1. The van der Waals surface area contributed by atoms with Crippen LogP contribution in [0.1, 0.15) is 61.2 Å². The predicted molar refractivity (Wildman–Crippen MR) is 202 cm³/mol. The van der Waals surface area contributed by atoms with Crippen LogP contribution in [-0.2, 0) is 10.1 Å². The first kappa shape index (κ1) is 37.5. The van der Waals surface area contributed by atoms with E-state index in [4.69, 9.17) is 0 Å². The summed E-state index contributed by atoms with van der Waals surface area (Å²) in [6, 6.07) is 12.6. The van der Waals surface area contributed by atoms with Crippen LogP contribution in [0.4, 0.5) is 22.7 Å². The van der Waals surface area contributed by atoms with Gasteiger partial charge in [-0.25, -0.2) is 8.42 Å². The van der Waals surface area contributed by atoms with Crippen molar-refractivity contribution in [1.29, 1.82) is 0 Å². The molecule has 0 saturated carbocycles. The number of hydrogen-bond donors (Lipinski definition) is 2. The highest BCUT2D eigenvalue weighted by Crippen LogP contribution is 2.40. The van der Waals surface area contributed by atoms with Crippen molar-refractivity contribution >= 4 is 44.2 Å². The molecule has 1 aliphatic rings. The Bertz CT molecular complexity index is 2460. The molecule has 4 aromatic rings. The summed E-state index contributed by atoms with van der Waals surface area (Å²) < 4.78 is 38.0. The molecule has 11 nitrogen and oxygen atoms in total. The first-order valence-corrected chi connectivity index (χ1v) is 17.9. The third-order valence-electron chi connectivity index (χ3n) is 9.87. The van der Waals surface area contributed by atoms with Gasteiger partial charge in [-0.2, -0.15) is 4.99 Å². The summed E-state index contributed by atoms with van der Waals surface area (Å²) in [5, 5.41) is 28.4. The van der Waals surface area contributed by atoms with E-state index in [9.17, 15) is 33.2 Å². The van der Waals surface area contributed by atoms with Crippen molar-refractivity contribution in [2.75, 3.05) is 5.32 Å². The molecular weight excluding hydrogens is 681 g/mol. The van der Waals surface area contributed by atoms with Crippen LogP contribution >= 0.6 is 0 Å². The Kier molecular flexibility index (Phi) is 10.2. The third kappa shape index (κ3) is 7.21. The highest BCUT2D eigenvalue weighted by Gasteiger charge is 2.30. The van der Waals surface area contributed by atoms with E-state index < -0.39 is 24.9 Å². The molecule has 0 atom stereocenters. The van der Waals surface area contributed by atoms with Gasteiger partial charge in [0.05, 0.1) is 14.7 Å². The topological polar surface area (TPSA) is 169 Å². The monoisotopic (exact) mass is 720 g/mol. The Hall–Kier alpha value is -5.72. The van der Waals surface area contributed by atoms with Crippen LogP contribution in [0.25, 0.3) is 5.57 Å². The molecule has 0 radical (unpaired) electrons. The largest absolute Gasteiger partial charge is 0.744 e. The van der Waals surface area contributed by atoms with Gasteiger partial charge in [0.1, 0.15) is 15.8 Å². The molecule has 0 fully saturated rings. The molecule has 268 valence electrons. The molecule has 0 aliphatic heterocycles. The Balaban J connectivity index is 1.80. The third-order valence-corrected chi connectivity index (χ3v) is 10.8. The molecule has 5 rings (SSSR count). The SMILES string of the molecule is Cc1ccc(C(=C2C=CC(=[NH+]c3c(C)cc(C)c(C)c3C)C([N+](=O)[O-])=C2)c2ccc(Nc3c(C)cc(C)c(C)c3C)c([N+](=O)[O-])c2)c(S(=O)(=O)[O-])c1. The van der Waals surface area contributed by atoms with E-state index in [2.05, 4.69) is 10.3 Å². The van der Waals surface area contributed by atoms with Gasteiger partial charge in [-0.3, -0.25) is 20.2 Å². The number of hydrogen-bond acceptors (Lipinski definition) is 8. The van der Waals surface area contributed by atoms with E-state index in [0.29, 0.717) is 5.56 Å². The van der Waals surface area contributed by atoms with Gasteiger partial charge >= 0.3 is 5.70 Å². The molecule has 0 bridgehead atoms. The maximum absolute atomic E-state index is 12.7. The van der Waals surface area contributed by atoms with Crippen molar-refractivity contribution in [3.05, 3.63) is 159 Å². The summed E-state index contributed by atoms with van der Waals surface area (Å²) in [4.78, 5) is 26.7. The summed E-state index contributed by atoms with van der Waals surface area (Å²) in [7, 11) is -5.07. The highest BCUT2D eigenvalue weighted by molar-refractivity contribution is 7.85. The quantitative estimate of drug-likeness (QED) is 0.108. The van der Waals surface area contributed by atoms with Gasteiger partial charge in [0, 0.05) is 40.6 Å². The van der Waals surface area contributed by atoms with E-state index in [1.165, 1.54) is 36.4 Å². The average Bonchev–Trinajstić information content (AvgIpc) is 3.07. The van der Waals surface area contributed by atoms with Crippen molar-refractivity contribution < 1.29 is 27.8 Å². The fourth-order valence-corrected chi connectivity index (χ4v) is 7.40. The summed E-state index contributed by atoms with van der Waals surface area (Å²) in [5.74, 6) is 0. The second kappa shape index (κ2) is 14.1. The molecule has 12 heteroatoms. The Morgan fingerprint density at radius 1 is 0.712 bits per heavy atom. The van der Waals surface area contributed by atoms with Crippen LogP contribution in [0.2, 0.25) is 0 Å². The van der Waals surface area contributed by atoms with E-state index in [-0.39, 0.29) is 45.1 Å². The molecule has 0 amide bonds. The summed E-state index contributed by atoms with van der Waals surface area (Å²) >= 11 is 0. The van der Waals surface area contributed by atoms with Gasteiger partial charge in [-0.1, -0.05) is 24.3 Å². The van der Waals surface area contributed by atoms with Gasteiger partial charge in [0.25, 0.3) is 11.4 Å². The highest BCUT2D eigenvalue weighted by atomic mass is 32.2. The molecule has 0 saturated heterocycles. The molecule has 2 N–H and O–H groups in total. The molecule has 1 aliphatic carbocycles. The second-order valence-corrected chi connectivity index (χ2v) is 14.7. The van der Waals surface area contributed by atoms with Crippen LogP contribution < -0.4 is 10.3 Å². The van der Waals surface area contributed by atoms with Crippen molar-refractivity contribution in [3.8, 4) is 0 Å². The van der Waals surface area contributed by atoms with Gasteiger partial charge < -0.3 is 9.87 Å². The Morgan fingerprint density at radius 3 is 1.96 bits per heavy atom. The fraction of sp³-hybridized carbons (Fsp3) is 0.225. The van der Waals surface area contributed by atoms with E-state index in [0.717, 1.165) is 55.9 Å². The van der Waals surface area contributed by atoms with Crippen molar-refractivity contribution in [3.63, 3.8) is 0 Å². The maximum Gasteiger partial charge on any atom is 0.340 e. The molecule has 0 aromatic heterocycles. The van der Waals surface area contributed by atoms with Crippen LogP contribution in [0, 0.1) is 82.5 Å². The van der Waals surface area contributed by atoms with E-state index in [1.807, 2.05) is 67.5 Å². The van der Waals surface area contributed by atoms with Crippen LogP contribution in [0.3, 0.4) is 0 Å². The number of nitrogens with one attached hydrogen (secondary N) is 2. The smallest absolute Gasteiger partial charge is 0.340 e. The van der Waals surface area contributed by atoms with Crippen molar-refractivity contribution in [1.82, 2.24) is 0 Å². The maximum atomic E-state index is 12.7. The van der Waals surface area contributed by atoms with Gasteiger partial charge in [-0.05, 0) is 142 Å². The minimum Gasteiger partial charge on any atom is -0.744 e. The van der Waals surface area contributed by atoms with Crippen LogP contribution in [0.15, 0.2) is 82.9 Å². The number of rotatable bonds is 8. The number of benzene rings is 4. The zero-order valence-electron chi connectivity index (χ0n) is 30.5. The van der Waals surface area contributed by atoms with Gasteiger partial charge in [0.2, 0.25) is 5.69 Å². The first-order valence-electron chi connectivity index (χ1n) is 16.5. The normalized spacial score (nSPS) is 14.7. The lowest BCUT2D eigenvalue weighted by Crippen LogP contribution is -2.68. The zero-order chi connectivity index (χ0) is 38.4. The number of nitrogens with zero attached hydrogens (tertiary/aromatic N) is 2. The standard InChI is InChI=1S/C40H40N4O7S/c1-21-10-13-32(37(16-21)52(49,50)51)38(30-11-14-33(35(19-30)43(45)46)41-39-24(4)17-22(2)26(6)28(39)8)31-12-15-34(36(20-31)44(47)48)42-40-25(5)18-23(3)27(7)29(40)9/h10-20,41H,1-9H3,(H,49,50,51). The predicted octanol–water partition coefficient (Wildman–Crippen LogP) is 7.40. The lowest BCUT2D eigenvalue weighted by molar-refractivity contribution is -0.429. The van der Waals surface area contributed by atoms with E-state index >= 15 is 0 Å². The molecule has 0 heterocycles. The van der Waals surface area contributed by atoms with E-state index in [1.54, 1.807) is 25.1 Å². The molecule has 4 aromatic carbocycles. The second-order valence-electron chi connectivity index (χ2n) is 13.3. The number of aryl methyl sites for hydroxylation is 5. The average molecular weight is 721 g/mol. The number of anilines is 2. The molecule has 0 unspecified atom stereocenters. The number of allylic oxidation sites excluding steroid dienone is 4. The first-order chi connectivity index (χ1) is 24.3. The summed E-state index contributed by atoms with van der Waals surface area (Å²) in [5.41, 5.74) is 9.95. The van der Waals surface area contributed by atoms with Gasteiger partial charge in [0.15, 0.2) is 0 Å². The zero-order valence-corrected chi connectivity index (χ0v) is 31.3. The summed E-state index contributed by atoms with van der Waals surface area (Å²) in [6.07, 6.45) is 4.36. The molecule has 52 heavy (non-hydrogen) atoms.